The van der Waals surface area contributed by atoms with E-state index < -0.39 is 12.0 Å². The molecule has 0 aromatic rings. The van der Waals surface area contributed by atoms with Crippen LogP contribution in [0.4, 0.5) is 0 Å². The number of unbranched alkanes of at least 4 members (excludes halogenated alkanes) is 1. The number of carboxylic acids is 1. The molecule has 0 heterocycles. The van der Waals surface area contributed by atoms with Crippen LogP contribution in [0.2, 0.25) is 0 Å². The van der Waals surface area contributed by atoms with Gasteiger partial charge in [-0.1, -0.05) is 0 Å². The van der Waals surface area contributed by atoms with Gasteiger partial charge in [0.05, 0.1) is 0 Å². The third kappa shape index (κ3) is 9.29. The summed E-state index contributed by atoms with van der Waals surface area (Å²) in [5.41, 5.74) is 10.4. The number of hydrogen-bond donors (Lipinski definition) is 5. The van der Waals surface area contributed by atoms with Crippen molar-refractivity contribution in [1.29, 1.82) is 0 Å². The number of nitrogens with one attached hydrogen (secondary N) is 2. The highest BCUT2D eigenvalue weighted by molar-refractivity contribution is 5.83. The summed E-state index contributed by atoms with van der Waals surface area (Å²) in [7, 11) is 0. The second-order valence-electron chi connectivity index (χ2n) is 4.38. The molecule has 0 rings (SSSR count). The van der Waals surface area contributed by atoms with Crippen LogP contribution in [-0.2, 0) is 14.4 Å². The number of aliphatic carboxylic acids is 1. The van der Waals surface area contributed by atoms with E-state index in [0.29, 0.717) is 32.4 Å². The van der Waals surface area contributed by atoms with Gasteiger partial charge < -0.3 is 27.2 Å². The van der Waals surface area contributed by atoms with Gasteiger partial charge in [0.25, 0.3) is 0 Å². The van der Waals surface area contributed by atoms with Crippen LogP contribution in [0, 0.1) is 0 Å². The van der Waals surface area contributed by atoms with Gasteiger partial charge in [-0.25, -0.2) is 4.79 Å². The maximum atomic E-state index is 11.3. The lowest BCUT2D eigenvalue weighted by Gasteiger charge is -2.14. The molecule has 0 aromatic heterocycles. The third-order valence-electron chi connectivity index (χ3n) is 2.62. The summed E-state index contributed by atoms with van der Waals surface area (Å²) in [6, 6.07) is -0.909. The number of carbonyl (C=O) groups excluding carboxylic acids is 2. The third-order valence-corrected chi connectivity index (χ3v) is 2.62. The molecular weight excluding hydrogens is 264 g/mol. The number of carboxylic acid groups (broad SMARTS) is 1. The molecule has 0 fully saturated rings. The highest BCUT2D eigenvalue weighted by Crippen LogP contribution is 2.01. The smallest absolute Gasteiger partial charge is 0.326 e. The molecule has 8 heteroatoms. The van der Waals surface area contributed by atoms with Crippen LogP contribution in [0.25, 0.3) is 0 Å². The first-order chi connectivity index (χ1) is 9.51. The fourth-order valence-electron chi connectivity index (χ4n) is 1.58. The van der Waals surface area contributed by atoms with E-state index in [4.69, 9.17) is 16.6 Å². The maximum absolute atomic E-state index is 11.3. The first-order valence-electron chi connectivity index (χ1n) is 6.70. The van der Waals surface area contributed by atoms with Gasteiger partial charge >= 0.3 is 5.97 Å². The molecule has 0 spiro atoms. The van der Waals surface area contributed by atoms with Crippen LogP contribution < -0.4 is 22.1 Å². The first kappa shape index (κ1) is 18.3. The predicted octanol–water partition coefficient (Wildman–Crippen LogP) is -1.46. The SMILES string of the molecule is NCCC(=O)NCCCC[C@H](NC(=O)CCN)C(=O)O. The highest BCUT2D eigenvalue weighted by atomic mass is 16.4. The lowest BCUT2D eigenvalue weighted by molar-refractivity contribution is -0.142. The molecule has 0 aliphatic heterocycles. The Labute approximate surface area is 118 Å². The molecule has 0 bridgehead atoms. The van der Waals surface area contributed by atoms with Crippen LogP contribution in [0.5, 0.6) is 0 Å². The quantitative estimate of drug-likeness (QED) is 0.293. The van der Waals surface area contributed by atoms with Gasteiger partial charge in [0, 0.05) is 32.5 Å². The molecule has 8 nitrogen and oxygen atoms in total. The minimum atomic E-state index is -1.07. The minimum Gasteiger partial charge on any atom is -0.480 e. The largest absolute Gasteiger partial charge is 0.480 e. The molecule has 7 N–H and O–H groups in total. The van der Waals surface area contributed by atoms with Crippen molar-refractivity contribution >= 4 is 17.8 Å². The zero-order valence-corrected chi connectivity index (χ0v) is 11.6. The van der Waals surface area contributed by atoms with Gasteiger partial charge in [-0.2, -0.15) is 0 Å². The number of hydrogen-bond acceptors (Lipinski definition) is 5. The van der Waals surface area contributed by atoms with E-state index in [9.17, 15) is 14.4 Å². The zero-order chi connectivity index (χ0) is 15.4. The van der Waals surface area contributed by atoms with Crippen molar-refractivity contribution in [3.63, 3.8) is 0 Å². The molecule has 20 heavy (non-hydrogen) atoms. The van der Waals surface area contributed by atoms with E-state index in [-0.39, 0.29) is 31.2 Å². The van der Waals surface area contributed by atoms with Crippen molar-refractivity contribution in [2.75, 3.05) is 19.6 Å². The molecule has 0 saturated carbocycles. The molecule has 1 atom stereocenters. The molecule has 2 amide bonds. The summed E-state index contributed by atoms with van der Waals surface area (Å²) in [5, 5.41) is 14.1. The second kappa shape index (κ2) is 11.2. The van der Waals surface area contributed by atoms with Crippen molar-refractivity contribution in [3.8, 4) is 0 Å². The average Bonchev–Trinajstić information content (AvgIpc) is 2.37. The second-order valence-corrected chi connectivity index (χ2v) is 4.38. The number of rotatable bonds is 11. The van der Waals surface area contributed by atoms with Crippen molar-refractivity contribution in [2.45, 2.75) is 38.1 Å². The maximum Gasteiger partial charge on any atom is 0.326 e. The topological polar surface area (TPSA) is 148 Å². The molecular formula is C12H24N4O4. The predicted molar refractivity (Wildman–Crippen MR) is 73.8 cm³/mol. The van der Waals surface area contributed by atoms with E-state index in [1.807, 2.05) is 0 Å². The van der Waals surface area contributed by atoms with Crippen LogP contribution in [0.15, 0.2) is 0 Å². The van der Waals surface area contributed by atoms with E-state index in [1.165, 1.54) is 0 Å². The Kier molecular flexibility index (Phi) is 10.2. The van der Waals surface area contributed by atoms with Crippen molar-refractivity contribution < 1.29 is 19.5 Å². The van der Waals surface area contributed by atoms with Crippen LogP contribution >= 0.6 is 0 Å². The summed E-state index contributed by atoms with van der Waals surface area (Å²) < 4.78 is 0. The summed E-state index contributed by atoms with van der Waals surface area (Å²) in [4.78, 5) is 33.4. The molecule has 0 aliphatic carbocycles. The Morgan fingerprint density at radius 2 is 1.60 bits per heavy atom. The number of nitrogens with two attached hydrogens (primary N) is 2. The fraction of sp³-hybridized carbons (Fsp3) is 0.750. The standard InChI is InChI=1S/C12H24N4O4/c13-6-4-10(17)15-8-2-1-3-9(12(19)20)16-11(18)5-7-14/h9H,1-8,13-14H2,(H,15,17)(H,16,18)(H,19,20)/t9-/m0/s1. The first-order valence-corrected chi connectivity index (χ1v) is 6.70. The summed E-state index contributed by atoms with van der Waals surface area (Å²) in [6.07, 6.45) is 1.94. The van der Waals surface area contributed by atoms with Crippen LogP contribution in [0.1, 0.15) is 32.1 Å². The van der Waals surface area contributed by atoms with Gasteiger partial charge in [-0.05, 0) is 19.3 Å². The Hall–Kier alpha value is -1.67. The molecule has 0 saturated heterocycles. The molecule has 116 valence electrons. The molecule has 0 aliphatic rings. The Morgan fingerprint density at radius 3 is 2.15 bits per heavy atom. The molecule has 0 aromatic carbocycles. The minimum absolute atomic E-state index is 0.110. The van der Waals surface area contributed by atoms with Gasteiger partial charge in [-0.15, -0.1) is 0 Å². The van der Waals surface area contributed by atoms with Gasteiger partial charge in [0.1, 0.15) is 6.04 Å². The van der Waals surface area contributed by atoms with Crippen molar-refractivity contribution in [1.82, 2.24) is 10.6 Å². The lowest BCUT2D eigenvalue weighted by atomic mass is 10.1. The van der Waals surface area contributed by atoms with E-state index in [0.717, 1.165) is 0 Å². The fourth-order valence-corrected chi connectivity index (χ4v) is 1.58. The van der Waals surface area contributed by atoms with Gasteiger partial charge in [0.15, 0.2) is 0 Å². The molecule has 0 unspecified atom stereocenters. The summed E-state index contributed by atoms with van der Waals surface area (Å²) in [5.74, 6) is -1.54. The van der Waals surface area contributed by atoms with E-state index in [2.05, 4.69) is 10.6 Å². The van der Waals surface area contributed by atoms with E-state index in [1.54, 1.807) is 0 Å². The van der Waals surface area contributed by atoms with Crippen LogP contribution in [0.3, 0.4) is 0 Å². The van der Waals surface area contributed by atoms with Gasteiger partial charge in [0.2, 0.25) is 11.8 Å². The number of carbonyl (C=O) groups is 3. The zero-order valence-electron chi connectivity index (χ0n) is 11.6. The molecule has 0 radical (unpaired) electrons. The summed E-state index contributed by atoms with van der Waals surface area (Å²) >= 11 is 0. The Bertz CT molecular complexity index is 323. The Morgan fingerprint density at radius 1 is 1.00 bits per heavy atom. The Balaban J connectivity index is 3.84. The van der Waals surface area contributed by atoms with Crippen molar-refractivity contribution in [3.05, 3.63) is 0 Å². The van der Waals surface area contributed by atoms with Gasteiger partial charge in [-0.3, -0.25) is 9.59 Å². The number of amides is 2. The lowest BCUT2D eigenvalue weighted by Crippen LogP contribution is -2.41. The van der Waals surface area contributed by atoms with Crippen LogP contribution in [-0.4, -0.2) is 48.6 Å². The normalized spacial score (nSPS) is 11.7. The van der Waals surface area contributed by atoms with Crippen molar-refractivity contribution in [2.24, 2.45) is 11.5 Å². The highest BCUT2D eigenvalue weighted by Gasteiger charge is 2.18. The summed E-state index contributed by atoms with van der Waals surface area (Å²) in [6.45, 7) is 0.966. The average molecular weight is 288 g/mol. The van der Waals surface area contributed by atoms with E-state index >= 15 is 0 Å². The monoisotopic (exact) mass is 288 g/mol.